The Morgan fingerprint density at radius 2 is 1.93 bits per heavy atom. The summed E-state index contributed by atoms with van der Waals surface area (Å²) in [5.74, 6) is 0. The molecule has 14 heavy (non-hydrogen) atoms. The molecular weight excluding hydrogens is 322 g/mol. The van der Waals surface area contributed by atoms with Gasteiger partial charge in [-0.15, -0.1) is 12.7 Å². The molecule has 0 N–H and O–H groups in total. The molecule has 0 spiro atoms. The molecule has 0 bridgehead atoms. The SMILES string of the molecule is C=Cc1[c-]c(C)c[c-]c1/C=C\C.[Y].[Y]. The molecule has 0 nitrogen and oxygen atoms in total. The molecule has 0 heterocycles. The summed E-state index contributed by atoms with van der Waals surface area (Å²) in [6, 6.07) is 8.31. The number of allylic oxidation sites excluding steroid dienone is 1. The van der Waals surface area contributed by atoms with E-state index in [1.807, 2.05) is 32.1 Å². The van der Waals surface area contributed by atoms with Crippen molar-refractivity contribution in [3.05, 3.63) is 47.5 Å². The Hall–Kier alpha value is 0.908. The second kappa shape index (κ2) is 9.16. The average molecular weight is 334 g/mol. The topological polar surface area (TPSA) is 0 Å². The van der Waals surface area contributed by atoms with Crippen molar-refractivity contribution in [1.82, 2.24) is 0 Å². The fourth-order valence-corrected chi connectivity index (χ4v) is 1.05. The summed E-state index contributed by atoms with van der Waals surface area (Å²) < 4.78 is 0. The molecule has 1 aromatic carbocycles. The first kappa shape index (κ1) is 17.3. The fraction of sp³-hybridized carbons (Fsp3) is 0.167. The summed E-state index contributed by atoms with van der Waals surface area (Å²) in [4.78, 5) is 0. The zero-order valence-electron chi connectivity index (χ0n) is 8.67. The van der Waals surface area contributed by atoms with Gasteiger partial charge in [-0.1, -0.05) is 13.8 Å². The standard InChI is InChI=1S/C12H12.2Y/c1-4-6-12-8-7-10(3)9-11(12)5-2;;/h4-7H,2H2,1,3H3;;/q-2;;/b6-4-;;. The van der Waals surface area contributed by atoms with Crippen LogP contribution in [0, 0.1) is 19.1 Å². The van der Waals surface area contributed by atoms with Crippen LogP contribution in [0.5, 0.6) is 0 Å². The molecule has 0 fully saturated rings. The van der Waals surface area contributed by atoms with Gasteiger partial charge >= 0.3 is 0 Å². The van der Waals surface area contributed by atoms with E-state index < -0.39 is 0 Å². The van der Waals surface area contributed by atoms with Crippen molar-refractivity contribution in [3.8, 4) is 0 Å². The molecule has 0 unspecified atom stereocenters. The largest absolute Gasteiger partial charge is 0.245 e. The maximum atomic E-state index is 3.73. The number of aryl methyl sites for hydroxylation is 1. The van der Waals surface area contributed by atoms with Gasteiger partial charge in [-0.05, 0) is 0 Å². The summed E-state index contributed by atoms with van der Waals surface area (Å²) in [6.07, 6.45) is 5.80. The van der Waals surface area contributed by atoms with Gasteiger partial charge in [0.15, 0.2) is 0 Å². The van der Waals surface area contributed by atoms with E-state index in [1.54, 1.807) is 6.08 Å². The molecule has 2 radical (unpaired) electrons. The number of rotatable bonds is 2. The molecule has 0 saturated heterocycles. The van der Waals surface area contributed by atoms with Crippen LogP contribution in [0.3, 0.4) is 0 Å². The van der Waals surface area contributed by atoms with E-state index in [-0.39, 0.29) is 65.4 Å². The zero-order valence-corrected chi connectivity index (χ0v) is 14.3. The smallest absolute Gasteiger partial charge is 0 e. The second-order valence-corrected chi connectivity index (χ2v) is 2.63. The molecule has 0 aliphatic carbocycles. The van der Waals surface area contributed by atoms with Crippen LogP contribution in [-0.2, 0) is 65.4 Å². The first-order chi connectivity index (χ1) is 5.77. The zero-order chi connectivity index (χ0) is 8.97. The van der Waals surface area contributed by atoms with Crippen molar-refractivity contribution in [2.45, 2.75) is 13.8 Å². The van der Waals surface area contributed by atoms with Crippen molar-refractivity contribution in [3.63, 3.8) is 0 Å². The molecule has 0 atom stereocenters. The van der Waals surface area contributed by atoms with Gasteiger partial charge in [-0.25, -0.2) is 34.9 Å². The number of hydrogen-bond acceptors (Lipinski definition) is 0. The maximum absolute atomic E-state index is 3.73. The minimum absolute atomic E-state index is 0. The van der Waals surface area contributed by atoms with Gasteiger partial charge in [0.05, 0.1) is 0 Å². The van der Waals surface area contributed by atoms with Crippen LogP contribution in [0.2, 0.25) is 0 Å². The summed E-state index contributed by atoms with van der Waals surface area (Å²) in [6.45, 7) is 7.72. The summed E-state index contributed by atoms with van der Waals surface area (Å²) in [5.41, 5.74) is 3.17. The van der Waals surface area contributed by atoms with Gasteiger partial charge < -0.3 is 0 Å². The summed E-state index contributed by atoms with van der Waals surface area (Å²) in [5, 5.41) is 0. The predicted molar refractivity (Wildman–Crippen MR) is 53.7 cm³/mol. The Bertz CT molecular complexity index is 314. The molecule has 1 aromatic rings. The minimum atomic E-state index is 0. The van der Waals surface area contributed by atoms with Crippen molar-refractivity contribution in [1.29, 1.82) is 0 Å². The molecule has 1 rings (SSSR count). The van der Waals surface area contributed by atoms with E-state index in [0.717, 1.165) is 16.7 Å². The van der Waals surface area contributed by atoms with Gasteiger partial charge in [-0.2, -0.15) is 12.2 Å². The first-order valence-corrected chi connectivity index (χ1v) is 3.97. The third-order valence-electron chi connectivity index (χ3n) is 1.60. The maximum Gasteiger partial charge on any atom is 0 e. The van der Waals surface area contributed by atoms with Gasteiger partial charge in [0, 0.05) is 65.4 Å². The van der Waals surface area contributed by atoms with Crippen LogP contribution in [-0.4, -0.2) is 0 Å². The third kappa shape index (κ3) is 5.12. The van der Waals surface area contributed by atoms with Crippen molar-refractivity contribution < 1.29 is 65.4 Å². The van der Waals surface area contributed by atoms with Gasteiger partial charge in [0.25, 0.3) is 0 Å². The second-order valence-electron chi connectivity index (χ2n) is 2.63. The Balaban J connectivity index is 0. The van der Waals surface area contributed by atoms with E-state index in [4.69, 9.17) is 0 Å². The van der Waals surface area contributed by atoms with Crippen molar-refractivity contribution >= 4 is 12.2 Å². The van der Waals surface area contributed by atoms with E-state index in [0.29, 0.717) is 0 Å². The van der Waals surface area contributed by atoms with Gasteiger partial charge in [-0.3, -0.25) is 0 Å². The van der Waals surface area contributed by atoms with Crippen molar-refractivity contribution in [2.24, 2.45) is 0 Å². The van der Waals surface area contributed by atoms with E-state index in [2.05, 4.69) is 18.7 Å². The molecule has 0 aromatic heterocycles. The van der Waals surface area contributed by atoms with Crippen molar-refractivity contribution in [2.75, 3.05) is 0 Å². The van der Waals surface area contributed by atoms with Gasteiger partial charge in [0.2, 0.25) is 0 Å². The third-order valence-corrected chi connectivity index (χ3v) is 1.60. The van der Waals surface area contributed by atoms with E-state index >= 15 is 0 Å². The molecule has 68 valence electrons. The van der Waals surface area contributed by atoms with Crippen LogP contribution in [0.25, 0.3) is 12.2 Å². The van der Waals surface area contributed by atoms with E-state index in [1.165, 1.54) is 0 Å². The summed E-state index contributed by atoms with van der Waals surface area (Å²) >= 11 is 0. The Morgan fingerprint density at radius 1 is 1.29 bits per heavy atom. The monoisotopic (exact) mass is 334 g/mol. The molecule has 0 saturated carbocycles. The van der Waals surface area contributed by atoms with Crippen LogP contribution in [0.4, 0.5) is 0 Å². The van der Waals surface area contributed by atoms with Crippen LogP contribution in [0.1, 0.15) is 23.6 Å². The molecular formula is C12H12Y2-2. The predicted octanol–water partition coefficient (Wildman–Crippen LogP) is 3.27. The normalized spacial score (nSPS) is 9.00. The van der Waals surface area contributed by atoms with Crippen LogP contribution >= 0.6 is 0 Å². The molecule has 0 aliphatic rings. The van der Waals surface area contributed by atoms with Gasteiger partial charge in [0.1, 0.15) is 0 Å². The molecule has 0 amide bonds. The Kier molecular flexibility index (Phi) is 11.3. The Morgan fingerprint density at radius 3 is 2.43 bits per heavy atom. The fourth-order valence-electron chi connectivity index (χ4n) is 1.05. The van der Waals surface area contributed by atoms with E-state index in [9.17, 15) is 0 Å². The summed E-state index contributed by atoms with van der Waals surface area (Å²) in [7, 11) is 0. The average Bonchev–Trinajstić information content (AvgIpc) is 2.08. The van der Waals surface area contributed by atoms with Crippen LogP contribution < -0.4 is 0 Å². The number of benzene rings is 1. The first-order valence-electron chi connectivity index (χ1n) is 3.97. The molecule has 2 heteroatoms. The molecule has 0 aliphatic heterocycles. The Labute approximate surface area is 137 Å². The quantitative estimate of drug-likeness (QED) is 0.729. The minimum Gasteiger partial charge on any atom is -0.245 e. The number of hydrogen-bond donors (Lipinski definition) is 0. The van der Waals surface area contributed by atoms with Crippen LogP contribution in [0.15, 0.2) is 18.7 Å².